The molecule has 0 aliphatic carbocycles. The van der Waals surface area contributed by atoms with Gasteiger partial charge in [-0.25, -0.2) is 12.8 Å². The second-order valence-corrected chi connectivity index (χ2v) is 6.07. The van der Waals surface area contributed by atoms with Crippen LogP contribution >= 0.6 is 0 Å². The van der Waals surface area contributed by atoms with Crippen molar-refractivity contribution in [2.24, 2.45) is 0 Å². The van der Waals surface area contributed by atoms with Gasteiger partial charge in [0.15, 0.2) is 6.10 Å². The van der Waals surface area contributed by atoms with Crippen molar-refractivity contribution in [1.29, 1.82) is 0 Å². The first-order valence-electron chi connectivity index (χ1n) is 6.48. The summed E-state index contributed by atoms with van der Waals surface area (Å²) in [6, 6.07) is 4.12. The number of rotatable bonds is 7. The number of sulfonamides is 1. The Labute approximate surface area is 127 Å². The maximum atomic E-state index is 12.7. The molecule has 0 aliphatic heterocycles. The Kier molecular flexibility index (Phi) is 6.44. The minimum atomic E-state index is -3.96. The zero-order valence-corrected chi connectivity index (χ0v) is 12.9. The molecule has 0 aromatic heterocycles. The Hall–Kier alpha value is -2.00. The number of hydrogen-bond acceptors (Lipinski definition) is 5. The summed E-state index contributed by atoms with van der Waals surface area (Å²) >= 11 is 0. The molecule has 0 fully saturated rings. The first kappa shape index (κ1) is 18.1. The number of benzene rings is 1. The lowest BCUT2D eigenvalue weighted by Gasteiger charge is -2.13. The first-order chi connectivity index (χ1) is 10.3. The molecule has 0 saturated heterocycles. The van der Waals surface area contributed by atoms with Crippen LogP contribution in [0.25, 0.3) is 0 Å². The molecule has 0 radical (unpaired) electrons. The Morgan fingerprint density at radius 1 is 1.27 bits per heavy atom. The average Bonchev–Trinajstić information content (AvgIpc) is 2.46. The fraction of sp³-hybridized carbons (Fsp3) is 0.385. The third kappa shape index (κ3) is 5.41. The Morgan fingerprint density at radius 2 is 1.86 bits per heavy atom. The Bertz CT molecular complexity index is 630. The molecular formula is C13H17FN2O5S. The molecule has 1 amide bonds. The number of ether oxygens (including phenoxy) is 1. The average molecular weight is 332 g/mol. The Morgan fingerprint density at radius 3 is 2.41 bits per heavy atom. The number of carbonyl (C=O) groups excluding carboxylic acids is 2. The predicted molar refractivity (Wildman–Crippen MR) is 75.8 cm³/mol. The monoisotopic (exact) mass is 332 g/mol. The largest absolute Gasteiger partial charge is 0.452 e. The van der Waals surface area contributed by atoms with E-state index in [1.165, 1.54) is 6.92 Å². The van der Waals surface area contributed by atoms with E-state index in [0.29, 0.717) is 6.54 Å². The maximum Gasteiger partial charge on any atom is 0.321 e. The molecule has 22 heavy (non-hydrogen) atoms. The summed E-state index contributed by atoms with van der Waals surface area (Å²) in [4.78, 5) is 22.7. The zero-order chi connectivity index (χ0) is 16.8. The Balaban J connectivity index is 2.56. The smallest absolute Gasteiger partial charge is 0.321 e. The molecule has 0 saturated carbocycles. The first-order valence-corrected chi connectivity index (χ1v) is 7.97. The van der Waals surface area contributed by atoms with Gasteiger partial charge in [0.2, 0.25) is 10.0 Å². The molecule has 9 heteroatoms. The van der Waals surface area contributed by atoms with Gasteiger partial charge in [-0.15, -0.1) is 0 Å². The van der Waals surface area contributed by atoms with Crippen molar-refractivity contribution in [2.75, 3.05) is 13.1 Å². The van der Waals surface area contributed by atoms with Crippen molar-refractivity contribution in [3.63, 3.8) is 0 Å². The summed E-state index contributed by atoms with van der Waals surface area (Å²) in [7, 11) is -3.96. The van der Waals surface area contributed by atoms with E-state index in [9.17, 15) is 22.4 Å². The second-order valence-electron chi connectivity index (χ2n) is 4.31. The minimum Gasteiger partial charge on any atom is -0.452 e. The van der Waals surface area contributed by atoms with Crippen LogP contribution in [0.1, 0.15) is 13.8 Å². The fourth-order valence-corrected chi connectivity index (χ4v) is 2.43. The lowest BCUT2D eigenvalue weighted by Crippen LogP contribution is -2.38. The van der Waals surface area contributed by atoms with Gasteiger partial charge in [-0.2, -0.15) is 4.72 Å². The van der Waals surface area contributed by atoms with E-state index >= 15 is 0 Å². The van der Waals surface area contributed by atoms with Gasteiger partial charge in [0.05, 0.1) is 4.90 Å². The van der Waals surface area contributed by atoms with Crippen molar-refractivity contribution < 1.29 is 27.1 Å². The van der Waals surface area contributed by atoms with E-state index in [1.54, 1.807) is 6.92 Å². The quantitative estimate of drug-likeness (QED) is 0.693. The van der Waals surface area contributed by atoms with Crippen LogP contribution in [0.5, 0.6) is 0 Å². The van der Waals surface area contributed by atoms with Crippen LogP contribution in [0.2, 0.25) is 0 Å². The third-order valence-electron chi connectivity index (χ3n) is 2.56. The molecule has 2 N–H and O–H groups in total. The molecule has 0 aliphatic rings. The summed E-state index contributed by atoms with van der Waals surface area (Å²) < 4.78 is 43.2. The second kappa shape index (κ2) is 7.85. The van der Waals surface area contributed by atoms with E-state index in [4.69, 9.17) is 4.74 Å². The number of hydrogen-bond donors (Lipinski definition) is 2. The van der Waals surface area contributed by atoms with Gasteiger partial charge in [-0.3, -0.25) is 9.59 Å². The van der Waals surface area contributed by atoms with Crippen molar-refractivity contribution in [2.45, 2.75) is 24.8 Å². The van der Waals surface area contributed by atoms with Gasteiger partial charge < -0.3 is 10.1 Å². The predicted octanol–water partition coefficient (Wildman–Crippen LogP) is 0.172. The van der Waals surface area contributed by atoms with E-state index in [0.717, 1.165) is 24.3 Å². The summed E-state index contributed by atoms with van der Waals surface area (Å²) in [5, 5.41) is 2.46. The maximum absolute atomic E-state index is 12.7. The summed E-state index contributed by atoms with van der Waals surface area (Å²) in [5.74, 6) is -1.95. The SMILES string of the molecule is CCNC(=O)[C@H](C)OC(=O)CNS(=O)(=O)c1ccc(F)cc1. The molecule has 0 unspecified atom stereocenters. The molecule has 1 atom stereocenters. The van der Waals surface area contributed by atoms with Gasteiger partial charge >= 0.3 is 5.97 Å². The van der Waals surface area contributed by atoms with Gasteiger partial charge in [0.1, 0.15) is 12.4 Å². The molecule has 1 rings (SSSR count). The summed E-state index contributed by atoms with van der Waals surface area (Å²) in [6.45, 7) is 2.84. The molecule has 1 aromatic carbocycles. The van der Waals surface area contributed by atoms with Crippen LogP contribution in [-0.4, -0.2) is 39.5 Å². The van der Waals surface area contributed by atoms with Crippen molar-refractivity contribution in [3.05, 3.63) is 30.1 Å². The molecule has 122 valence electrons. The number of carbonyl (C=O) groups is 2. The van der Waals surface area contributed by atoms with E-state index in [-0.39, 0.29) is 4.90 Å². The number of esters is 1. The molecule has 0 spiro atoms. The van der Waals surface area contributed by atoms with Crippen LogP contribution in [-0.2, 0) is 24.3 Å². The number of halogens is 1. The van der Waals surface area contributed by atoms with Gasteiger partial charge in [-0.1, -0.05) is 0 Å². The number of nitrogens with one attached hydrogen (secondary N) is 2. The number of likely N-dealkylation sites (N-methyl/N-ethyl adjacent to an activating group) is 1. The minimum absolute atomic E-state index is 0.182. The highest BCUT2D eigenvalue weighted by molar-refractivity contribution is 7.89. The zero-order valence-electron chi connectivity index (χ0n) is 12.1. The van der Waals surface area contributed by atoms with Gasteiger partial charge in [0.25, 0.3) is 5.91 Å². The molecule has 0 heterocycles. The van der Waals surface area contributed by atoms with Crippen LogP contribution < -0.4 is 10.0 Å². The normalized spacial score (nSPS) is 12.5. The standard InChI is InChI=1S/C13H17FN2O5S/c1-3-15-13(18)9(2)21-12(17)8-16-22(19,20)11-6-4-10(14)5-7-11/h4-7,9,16H,3,8H2,1-2H3,(H,15,18)/t9-/m0/s1. The van der Waals surface area contributed by atoms with Gasteiger partial charge in [0, 0.05) is 6.54 Å². The number of amides is 1. The summed E-state index contributed by atoms with van der Waals surface area (Å²) in [6.07, 6.45) is -1.03. The topological polar surface area (TPSA) is 102 Å². The van der Waals surface area contributed by atoms with E-state index < -0.39 is 40.4 Å². The van der Waals surface area contributed by atoms with Crippen molar-refractivity contribution in [3.8, 4) is 0 Å². The van der Waals surface area contributed by atoms with Crippen molar-refractivity contribution in [1.82, 2.24) is 10.0 Å². The lowest BCUT2D eigenvalue weighted by molar-refractivity contribution is -0.153. The van der Waals surface area contributed by atoms with E-state index in [2.05, 4.69) is 5.32 Å². The molecule has 0 bridgehead atoms. The van der Waals surface area contributed by atoms with E-state index in [1.807, 2.05) is 4.72 Å². The van der Waals surface area contributed by atoms with Gasteiger partial charge in [-0.05, 0) is 38.1 Å². The lowest BCUT2D eigenvalue weighted by atomic mass is 10.4. The van der Waals surface area contributed by atoms with Crippen LogP contribution in [0.4, 0.5) is 4.39 Å². The van der Waals surface area contributed by atoms with Crippen LogP contribution in [0, 0.1) is 5.82 Å². The highest BCUT2D eigenvalue weighted by Gasteiger charge is 2.20. The van der Waals surface area contributed by atoms with Crippen LogP contribution in [0.3, 0.4) is 0 Å². The molecule has 1 aromatic rings. The van der Waals surface area contributed by atoms with Crippen molar-refractivity contribution >= 4 is 21.9 Å². The molecular weight excluding hydrogens is 315 g/mol. The third-order valence-corrected chi connectivity index (χ3v) is 3.98. The fourth-order valence-electron chi connectivity index (χ4n) is 1.46. The summed E-state index contributed by atoms with van der Waals surface area (Å²) in [5.41, 5.74) is 0. The highest BCUT2D eigenvalue weighted by atomic mass is 32.2. The highest BCUT2D eigenvalue weighted by Crippen LogP contribution is 2.09. The molecule has 7 nitrogen and oxygen atoms in total. The van der Waals surface area contributed by atoms with Crippen LogP contribution in [0.15, 0.2) is 29.2 Å².